The van der Waals surface area contributed by atoms with E-state index in [0.29, 0.717) is 24.5 Å². The summed E-state index contributed by atoms with van der Waals surface area (Å²) in [6.45, 7) is 2.45. The van der Waals surface area contributed by atoms with Crippen LogP contribution in [0.3, 0.4) is 0 Å². The van der Waals surface area contributed by atoms with E-state index in [1.807, 2.05) is 12.1 Å². The van der Waals surface area contributed by atoms with E-state index in [0.717, 1.165) is 12.0 Å². The van der Waals surface area contributed by atoms with Crippen LogP contribution in [0.2, 0.25) is 0 Å². The number of nitrogens with one attached hydrogen (secondary N) is 1. The van der Waals surface area contributed by atoms with E-state index in [1.54, 1.807) is 19.3 Å². The minimum Gasteiger partial charge on any atom is -0.391 e. The lowest BCUT2D eigenvalue weighted by Gasteiger charge is -2.18. The van der Waals surface area contributed by atoms with E-state index in [-0.39, 0.29) is 30.2 Å². The molecule has 2 unspecified atom stereocenters. The number of nitrogens with zero attached hydrogens (tertiary/aromatic N) is 2. The lowest BCUT2D eigenvalue weighted by Crippen LogP contribution is -2.41. The van der Waals surface area contributed by atoms with E-state index in [2.05, 4.69) is 15.5 Å². The second kappa shape index (κ2) is 6.89. The van der Waals surface area contributed by atoms with E-state index in [9.17, 15) is 9.90 Å². The number of carbonyl (C=O) groups excluding carboxylic acids is 1. The zero-order valence-corrected chi connectivity index (χ0v) is 12.9. The van der Waals surface area contributed by atoms with Gasteiger partial charge < -0.3 is 19.7 Å². The Morgan fingerprint density at radius 2 is 2.17 bits per heavy atom. The highest BCUT2D eigenvalue weighted by Gasteiger charge is 2.31. The van der Waals surface area contributed by atoms with Crippen molar-refractivity contribution in [3.63, 3.8) is 0 Å². The topological polar surface area (TPSA) is 97.5 Å². The predicted octanol–water partition coefficient (Wildman–Crippen LogP) is 0.858. The number of aromatic nitrogens is 2. The van der Waals surface area contributed by atoms with Gasteiger partial charge in [0, 0.05) is 18.3 Å². The minimum atomic E-state index is -0.346. The fraction of sp³-hybridized carbons (Fsp3) is 0.438. The molecule has 2 N–H and O–H groups in total. The molecular weight excluding hydrogens is 298 g/mol. The number of pyridine rings is 1. The number of carbonyl (C=O) groups is 1. The van der Waals surface area contributed by atoms with Crippen LogP contribution >= 0.6 is 0 Å². The van der Waals surface area contributed by atoms with Crippen molar-refractivity contribution in [1.82, 2.24) is 15.5 Å². The second-order valence-corrected chi connectivity index (χ2v) is 5.66. The van der Waals surface area contributed by atoms with Gasteiger partial charge in [0.2, 0.25) is 0 Å². The third-order valence-electron chi connectivity index (χ3n) is 4.12. The molecule has 1 saturated heterocycles. The largest absolute Gasteiger partial charge is 0.391 e. The van der Waals surface area contributed by atoms with Crippen molar-refractivity contribution in [2.24, 2.45) is 5.92 Å². The molecule has 1 fully saturated rings. The van der Waals surface area contributed by atoms with Gasteiger partial charge in [-0.2, -0.15) is 0 Å². The summed E-state index contributed by atoms with van der Waals surface area (Å²) in [5, 5.41) is 16.0. The van der Waals surface area contributed by atoms with E-state index in [1.165, 1.54) is 0 Å². The van der Waals surface area contributed by atoms with Gasteiger partial charge in [-0.15, -0.1) is 0 Å². The molecule has 2 aromatic heterocycles. The molecule has 1 amide bonds. The first-order valence-electron chi connectivity index (χ1n) is 7.52. The Morgan fingerprint density at radius 3 is 2.91 bits per heavy atom. The van der Waals surface area contributed by atoms with Crippen molar-refractivity contribution in [2.75, 3.05) is 13.2 Å². The van der Waals surface area contributed by atoms with E-state index in [4.69, 9.17) is 9.26 Å². The molecule has 0 aliphatic carbocycles. The van der Waals surface area contributed by atoms with Gasteiger partial charge in [0.25, 0.3) is 5.91 Å². The normalized spacial score (nSPS) is 20.6. The highest BCUT2D eigenvalue weighted by atomic mass is 16.5. The van der Waals surface area contributed by atoms with Gasteiger partial charge >= 0.3 is 0 Å². The molecule has 0 spiro atoms. The Morgan fingerprint density at radius 1 is 1.39 bits per heavy atom. The Hall–Kier alpha value is -2.25. The maximum atomic E-state index is 12.4. The molecule has 7 nitrogen and oxygen atoms in total. The summed E-state index contributed by atoms with van der Waals surface area (Å²) in [6.07, 6.45) is 4.31. The monoisotopic (exact) mass is 317 g/mol. The van der Waals surface area contributed by atoms with Crippen molar-refractivity contribution in [3.8, 4) is 0 Å². The number of ether oxygens (including phenoxy) is 1. The van der Waals surface area contributed by atoms with Crippen LogP contribution in [0.25, 0.3) is 0 Å². The van der Waals surface area contributed by atoms with Crippen molar-refractivity contribution in [1.29, 1.82) is 0 Å². The first-order chi connectivity index (χ1) is 11.2. The van der Waals surface area contributed by atoms with Gasteiger partial charge in [-0.05, 0) is 31.0 Å². The molecule has 0 bridgehead atoms. The average Bonchev–Trinajstić information content (AvgIpc) is 3.15. The Bertz CT molecular complexity index is 671. The number of rotatable bonds is 5. The maximum Gasteiger partial charge on any atom is 0.274 e. The Balaban J connectivity index is 1.67. The molecule has 122 valence electrons. The zero-order chi connectivity index (χ0) is 16.2. The van der Waals surface area contributed by atoms with E-state index < -0.39 is 0 Å². The maximum absolute atomic E-state index is 12.4. The van der Waals surface area contributed by atoms with Crippen LogP contribution in [0.5, 0.6) is 0 Å². The lowest BCUT2D eigenvalue weighted by molar-refractivity contribution is 0.0913. The molecule has 23 heavy (non-hydrogen) atoms. The highest BCUT2D eigenvalue weighted by Crippen LogP contribution is 2.20. The summed E-state index contributed by atoms with van der Waals surface area (Å²) in [5.74, 6) is 0.293. The summed E-state index contributed by atoms with van der Waals surface area (Å²) >= 11 is 0. The van der Waals surface area contributed by atoms with E-state index >= 15 is 0 Å². The summed E-state index contributed by atoms with van der Waals surface area (Å²) in [4.78, 5) is 16.4. The minimum absolute atomic E-state index is 0.0979. The quantitative estimate of drug-likeness (QED) is 0.849. The lowest BCUT2D eigenvalue weighted by atomic mass is 9.95. The molecule has 7 heteroatoms. The van der Waals surface area contributed by atoms with Crippen LogP contribution in [0, 0.1) is 12.8 Å². The fourth-order valence-electron chi connectivity index (χ4n) is 2.77. The first-order valence-corrected chi connectivity index (χ1v) is 7.52. The van der Waals surface area contributed by atoms with Gasteiger partial charge in [0.1, 0.15) is 5.76 Å². The van der Waals surface area contributed by atoms with Crippen LogP contribution in [0.15, 0.2) is 29.0 Å². The standard InChI is InChI=1S/C16H19N3O4/c1-10-13(7-20)15(19-23-10)16(21)18-14-9-22-8-12(14)6-11-2-4-17-5-3-11/h2-5,12,14,20H,6-9H2,1H3,(H,18,21). The zero-order valence-electron chi connectivity index (χ0n) is 12.9. The molecule has 1 aliphatic rings. The number of hydrogen-bond acceptors (Lipinski definition) is 6. The number of aryl methyl sites for hydroxylation is 1. The summed E-state index contributed by atoms with van der Waals surface area (Å²) in [5.41, 5.74) is 1.72. The van der Waals surface area contributed by atoms with Crippen LogP contribution in [0.1, 0.15) is 27.4 Å². The van der Waals surface area contributed by atoms with Crippen LogP contribution in [0.4, 0.5) is 0 Å². The molecule has 0 aromatic carbocycles. The third-order valence-corrected chi connectivity index (χ3v) is 4.12. The van der Waals surface area contributed by atoms with Crippen LogP contribution in [-0.2, 0) is 17.8 Å². The smallest absolute Gasteiger partial charge is 0.274 e. The predicted molar refractivity (Wildman–Crippen MR) is 80.7 cm³/mol. The van der Waals surface area contributed by atoms with Crippen LogP contribution < -0.4 is 5.32 Å². The third kappa shape index (κ3) is 3.40. The van der Waals surface area contributed by atoms with Gasteiger partial charge in [-0.1, -0.05) is 5.16 Å². The average molecular weight is 317 g/mol. The van der Waals surface area contributed by atoms with Gasteiger partial charge in [-0.25, -0.2) is 0 Å². The molecule has 3 heterocycles. The van der Waals surface area contributed by atoms with Crippen molar-refractivity contribution in [2.45, 2.75) is 26.0 Å². The van der Waals surface area contributed by atoms with Crippen LogP contribution in [-0.4, -0.2) is 40.4 Å². The molecule has 1 aliphatic heterocycles. The van der Waals surface area contributed by atoms with Gasteiger partial charge in [-0.3, -0.25) is 9.78 Å². The summed E-state index contributed by atoms with van der Waals surface area (Å²) in [7, 11) is 0. The number of amides is 1. The molecular formula is C16H19N3O4. The summed E-state index contributed by atoms with van der Waals surface area (Å²) < 4.78 is 10.5. The molecule has 2 atom stereocenters. The SMILES string of the molecule is Cc1onc(C(=O)NC2COCC2Cc2ccncc2)c1CO. The second-order valence-electron chi connectivity index (χ2n) is 5.66. The number of aliphatic hydroxyl groups is 1. The fourth-order valence-corrected chi connectivity index (χ4v) is 2.77. The van der Waals surface area contributed by atoms with Crippen molar-refractivity contribution in [3.05, 3.63) is 47.1 Å². The molecule has 0 saturated carbocycles. The van der Waals surface area contributed by atoms with Gasteiger partial charge in [0.05, 0.1) is 31.4 Å². The summed E-state index contributed by atoms with van der Waals surface area (Å²) in [6, 6.07) is 3.82. The number of hydrogen-bond donors (Lipinski definition) is 2. The highest BCUT2D eigenvalue weighted by molar-refractivity contribution is 5.94. The first kappa shape index (κ1) is 15.6. The molecule has 2 aromatic rings. The molecule has 3 rings (SSSR count). The van der Waals surface area contributed by atoms with Crippen molar-refractivity contribution < 1.29 is 19.2 Å². The van der Waals surface area contributed by atoms with Gasteiger partial charge in [0.15, 0.2) is 5.69 Å². The molecule has 0 radical (unpaired) electrons. The number of aliphatic hydroxyl groups excluding tert-OH is 1. The Kier molecular flexibility index (Phi) is 4.68. The Labute approximate surface area is 133 Å². The van der Waals surface area contributed by atoms with Crippen molar-refractivity contribution >= 4 is 5.91 Å².